The van der Waals surface area contributed by atoms with Crippen LogP contribution in [0.2, 0.25) is 0 Å². The van der Waals surface area contributed by atoms with Gasteiger partial charge >= 0.3 is 0 Å². The van der Waals surface area contributed by atoms with Gasteiger partial charge in [0.2, 0.25) is 0 Å². The van der Waals surface area contributed by atoms with Gasteiger partial charge < -0.3 is 11.1 Å². The number of nitrogens with two attached hydrogens (primary N) is 1. The van der Waals surface area contributed by atoms with Gasteiger partial charge in [-0.3, -0.25) is 0 Å². The molecule has 1 aromatic rings. The minimum Gasteiger partial charge on any atom is -0.397 e. The van der Waals surface area contributed by atoms with Crippen LogP contribution < -0.4 is 11.1 Å². The topological polar surface area (TPSA) is 50.9 Å². The summed E-state index contributed by atoms with van der Waals surface area (Å²) in [6.07, 6.45) is 2.95. The molecule has 0 aliphatic carbocycles. The summed E-state index contributed by atoms with van der Waals surface area (Å²) in [7, 11) is 0. The van der Waals surface area contributed by atoms with Crippen molar-refractivity contribution in [3.63, 3.8) is 0 Å². The van der Waals surface area contributed by atoms with Crippen LogP contribution in [0.1, 0.15) is 6.42 Å². The first kappa shape index (κ1) is 8.84. The number of hydrogen-bond donors (Lipinski definition) is 2. The lowest BCUT2D eigenvalue weighted by Crippen LogP contribution is -2.10. The fraction of sp³-hybridized carbons (Fsp3) is 0.444. The van der Waals surface area contributed by atoms with E-state index in [2.05, 4.69) is 10.3 Å². The highest BCUT2D eigenvalue weighted by Gasteiger charge is 2.15. The van der Waals surface area contributed by atoms with Crippen molar-refractivity contribution >= 4 is 17.4 Å². The fourth-order valence-electron chi connectivity index (χ4n) is 1.36. The van der Waals surface area contributed by atoms with Gasteiger partial charge in [-0.15, -0.1) is 11.8 Å². The summed E-state index contributed by atoms with van der Waals surface area (Å²) < 4.78 is 0. The van der Waals surface area contributed by atoms with Crippen molar-refractivity contribution in [2.24, 2.45) is 0 Å². The van der Waals surface area contributed by atoms with Gasteiger partial charge in [-0.2, -0.15) is 0 Å². The molecule has 1 saturated heterocycles. The van der Waals surface area contributed by atoms with Crippen molar-refractivity contribution in [1.29, 1.82) is 0 Å². The molecule has 0 radical (unpaired) electrons. The van der Waals surface area contributed by atoms with Crippen molar-refractivity contribution in [3.05, 3.63) is 18.3 Å². The third-order valence-electron chi connectivity index (χ3n) is 2.06. The SMILES string of the molecule is Nc1ccc(SC2CCNC2)nc1. The summed E-state index contributed by atoms with van der Waals surface area (Å²) in [5.74, 6) is 0. The van der Waals surface area contributed by atoms with Gasteiger partial charge in [-0.1, -0.05) is 0 Å². The number of aromatic nitrogens is 1. The third-order valence-corrected chi connectivity index (χ3v) is 3.28. The predicted molar refractivity (Wildman–Crippen MR) is 55.8 cm³/mol. The highest BCUT2D eigenvalue weighted by atomic mass is 32.2. The van der Waals surface area contributed by atoms with E-state index >= 15 is 0 Å². The Morgan fingerprint density at radius 1 is 1.54 bits per heavy atom. The standard InChI is InChI=1S/C9H13N3S/c10-7-1-2-9(12-5-7)13-8-3-4-11-6-8/h1-2,5,8,11H,3-4,6,10H2. The Morgan fingerprint density at radius 3 is 3.08 bits per heavy atom. The zero-order chi connectivity index (χ0) is 9.10. The zero-order valence-electron chi connectivity index (χ0n) is 7.36. The Hall–Kier alpha value is -0.740. The molecule has 1 unspecified atom stereocenters. The van der Waals surface area contributed by atoms with Crippen molar-refractivity contribution in [3.8, 4) is 0 Å². The lowest BCUT2D eigenvalue weighted by molar-refractivity contribution is 0.858. The number of rotatable bonds is 2. The minimum atomic E-state index is 0.677. The largest absolute Gasteiger partial charge is 0.397 e. The fourth-order valence-corrected chi connectivity index (χ4v) is 2.40. The summed E-state index contributed by atoms with van der Waals surface area (Å²) in [4.78, 5) is 4.25. The van der Waals surface area contributed by atoms with E-state index < -0.39 is 0 Å². The molecule has 1 aliphatic rings. The van der Waals surface area contributed by atoms with Crippen LogP contribution in [0.4, 0.5) is 5.69 Å². The monoisotopic (exact) mass is 195 g/mol. The van der Waals surface area contributed by atoms with Gasteiger partial charge in [0.25, 0.3) is 0 Å². The maximum atomic E-state index is 5.55. The van der Waals surface area contributed by atoms with E-state index in [4.69, 9.17) is 5.73 Å². The minimum absolute atomic E-state index is 0.677. The van der Waals surface area contributed by atoms with E-state index in [0.29, 0.717) is 5.25 Å². The van der Waals surface area contributed by atoms with Crippen LogP contribution in [0.5, 0.6) is 0 Å². The molecule has 0 aromatic carbocycles. The lowest BCUT2D eigenvalue weighted by Gasteiger charge is -2.06. The molecule has 4 heteroatoms. The van der Waals surface area contributed by atoms with E-state index in [9.17, 15) is 0 Å². The Balaban J connectivity index is 1.97. The van der Waals surface area contributed by atoms with Crippen LogP contribution in [-0.2, 0) is 0 Å². The molecule has 3 nitrogen and oxygen atoms in total. The zero-order valence-corrected chi connectivity index (χ0v) is 8.18. The second-order valence-electron chi connectivity index (χ2n) is 3.16. The molecule has 1 aliphatic heterocycles. The van der Waals surface area contributed by atoms with E-state index in [1.165, 1.54) is 6.42 Å². The highest BCUT2D eigenvalue weighted by molar-refractivity contribution is 7.99. The van der Waals surface area contributed by atoms with Crippen LogP contribution in [0.3, 0.4) is 0 Å². The normalized spacial score (nSPS) is 22.0. The molecule has 70 valence electrons. The van der Waals surface area contributed by atoms with E-state index in [-0.39, 0.29) is 0 Å². The van der Waals surface area contributed by atoms with Crippen LogP contribution in [0, 0.1) is 0 Å². The van der Waals surface area contributed by atoms with Gasteiger partial charge in [-0.05, 0) is 25.1 Å². The van der Waals surface area contributed by atoms with Crippen LogP contribution in [0.15, 0.2) is 23.4 Å². The molecule has 0 saturated carbocycles. The van der Waals surface area contributed by atoms with Gasteiger partial charge in [0.15, 0.2) is 0 Å². The van der Waals surface area contributed by atoms with Gasteiger partial charge in [0, 0.05) is 11.8 Å². The first-order valence-corrected chi connectivity index (χ1v) is 5.31. The summed E-state index contributed by atoms with van der Waals surface area (Å²) in [6.45, 7) is 2.23. The average molecular weight is 195 g/mol. The summed E-state index contributed by atoms with van der Waals surface area (Å²) in [6, 6.07) is 3.88. The first-order chi connectivity index (χ1) is 6.34. The third kappa shape index (κ3) is 2.35. The molecule has 0 bridgehead atoms. The summed E-state index contributed by atoms with van der Waals surface area (Å²) >= 11 is 1.83. The van der Waals surface area contributed by atoms with Crippen LogP contribution >= 0.6 is 11.8 Å². The molecule has 2 rings (SSSR count). The van der Waals surface area contributed by atoms with E-state index in [1.54, 1.807) is 6.20 Å². The van der Waals surface area contributed by atoms with E-state index in [1.807, 2.05) is 23.9 Å². The molecular formula is C9H13N3S. The van der Waals surface area contributed by atoms with Gasteiger partial charge in [-0.25, -0.2) is 4.98 Å². The Bertz CT molecular complexity index is 267. The van der Waals surface area contributed by atoms with Crippen LogP contribution in [-0.4, -0.2) is 23.3 Å². The molecule has 0 spiro atoms. The molecule has 1 aromatic heterocycles. The number of nitrogens with zero attached hydrogens (tertiary/aromatic N) is 1. The second kappa shape index (κ2) is 3.98. The highest BCUT2D eigenvalue weighted by Crippen LogP contribution is 2.25. The number of hydrogen-bond acceptors (Lipinski definition) is 4. The molecule has 1 fully saturated rings. The maximum absolute atomic E-state index is 5.55. The van der Waals surface area contributed by atoms with Crippen molar-refractivity contribution in [2.75, 3.05) is 18.8 Å². The summed E-state index contributed by atoms with van der Waals surface area (Å²) in [5.41, 5.74) is 6.28. The maximum Gasteiger partial charge on any atom is 0.0964 e. The number of nitrogen functional groups attached to an aromatic ring is 1. The van der Waals surface area contributed by atoms with Gasteiger partial charge in [0.05, 0.1) is 16.9 Å². The van der Waals surface area contributed by atoms with Crippen molar-refractivity contribution < 1.29 is 0 Å². The number of anilines is 1. The Kier molecular flexibility index (Phi) is 2.71. The molecule has 3 N–H and O–H groups in total. The first-order valence-electron chi connectivity index (χ1n) is 4.43. The molecule has 2 heterocycles. The molecule has 0 amide bonds. The van der Waals surface area contributed by atoms with Crippen molar-refractivity contribution in [2.45, 2.75) is 16.7 Å². The average Bonchev–Trinajstić information content (AvgIpc) is 2.62. The van der Waals surface area contributed by atoms with E-state index in [0.717, 1.165) is 23.8 Å². The van der Waals surface area contributed by atoms with Crippen molar-refractivity contribution in [1.82, 2.24) is 10.3 Å². The molecular weight excluding hydrogens is 182 g/mol. The Labute approximate surface area is 82.1 Å². The summed E-state index contributed by atoms with van der Waals surface area (Å²) in [5, 5.41) is 5.08. The lowest BCUT2D eigenvalue weighted by atomic mass is 10.4. The number of nitrogens with one attached hydrogen (secondary N) is 1. The molecule has 13 heavy (non-hydrogen) atoms. The van der Waals surface area contributed by atoms with Crippen LogP contribution in [0.25, 0.3) is 0 Å². The number of thioether (sulfide) groups is 1. The quantitative estimate of drug-likeness (QED) is 0.742. The van der Waals surface area contributed by atoms with Gasteiger partial charge in [0.1, 0.15) is 0 Å². The predicted octanol–water partition coefficient (Wildman–Crippen LogP) is 1.12. The molecule has 1 atom stereocenters. The second-order valence-corrected chi connectivity index (χ2v) is 4.48. The number of pyridine rings is 1. The smallest absolute Gasteiger partial charge is 0.0964 e. The Morgan fingerprint density at radius 2 is 2.46 bits per heavy atom.